The molecule has 0 aliphatic carbocycles. The monoisotopic (exact) mass is 371 g/mol. The maximum absolute atomic E-state index is 12.2. The molecule has 0 aromatic heterocycles. The molecule has 0 bridgehead atoms. The molecule has 3 amide bonds. The second-order valence-electron chi connectivity index (χ2n) is 5.97. The number of likely N-dealkylation sites (tertiary alicyclic amines) is 1. The Morgan fingerprint density at radius 3 is 2.83 bits per heavy atom. The fourth-order valence-corrected chi connectivity index (χ4v) is 3.39. The first kappa shape index (κ1) is 18.9. The zero-order chi connectivity index (χ0) is 17.5. The van der Waals surface area contributed by atoms with Crippen LogP contribution in [0.4, 0.5) is 4.79 Å². The Morgan fingerprint density at radius 1 is 1.33 bits per heavy atom. The topological polar surface area (TPSA) is 61.4 Å². The molecule has 1 unspecified atom stereocenters. The van der Waals surface area contributed by atoms with Gasteiger partial charge in [-0.2, -0.15) is 0 Å². The number of hydrogen-bond acceptors (Lipinski definition) is 2. The lowest BCUT2D eigenvalue weighted by molar-refractivity contribution is -0.125. The number of nitrogens with zero attached hydrogens (tertiary/aromatic N) is 1. The summed E-state index contributed by atoms with van der Waals surface area (Å²) in [4.78, 5) is 25.7. The van der Waals surface area contributed by atoms with E-state index in [-0.39, 0.29) is 17.9 Å². The number of benzene rings is 1. The van der Waals surface area contributed by atoms with Gasteiger partial charge in [0.1, 0.15) is 0 Å². The van der Waals surface area contributed by atoms with Crippen molar-refractivity contribution in [1.29, 1.82) is 0 Å². The van der Waals surface area contributed by atoms with Gasteiger partial charge >= 0.3 is 6.03 Å². The highest BCUT2D eigenvalue weighted by Crippen LogP contribution is 2.22. The first-order valence-corrected chi connectivity index (χ1v) is 8.95. The van der Waals surface area contributed by atoms with Crippen LogP contribution in [0.2, 0.25) is 10.0 Å². The van der Waals surface area contributed by atoms with Gasteiger partial charge in [0.2, 0.25) is 5.91 Å². The van der Waals surface area contributed by atoms with E-state index in [9.17, 15) is 9.59 Å². The average Bonchev–Trinajstić information content (AvgIpc) is 2.59. The second kappa shape index (κ2) is 9.14. The molecule has 1 aromatic rings. The van der Waals surface area contributed by atoms with Crippen molar-refractivity contribution in [2.45, 2.75) is 25.7 Å². The van der Waals surface area contributed by atoms with E-state index in [1.54, 1.807) is 18.0 Å². The van der Waals surface area contributed by atoms with Gasteiger partial charge < -0.3 is 15.5 Å². The molecular formula is C17H23Cl2N3O2. The minimum absolute atomic E-state index is 0.00452. The molecule has 2 rings (SSSR count). The van der Waals surface area contributed by atoms with Crippen LogP contribution in [-0.4, -0.2) is 43.5 Å². The van der Waals surface area contributed by atoms with Gasteiger partial charge in [-0.1, -0.05) is 29.3 Å². The van der Waals surface area contributed by atoms with Crippen LogP contribution in [-0.2, 0) is 11.2 Å². The fourth-order valence-electron chi connectivity index (χ4n) is 2.89. The summed E-state index contributed by atoms with van der Waals surface area (Å²) in [6.45, 7) is 1.75. The molecule has 24 heavy (non-hydrogen) atoms. The number of piperidine rings is 1. The van der Waals surface area contributed by atoms with E-state index >= 15 is 0 Å². The van der Waals surface area contributed by atoms with Crippen molar-refractivity contribution in [2.24, 2.45) is 5.92 Å². The summed E-state index contributed by atoms with van der Waals surface area (Å²) in [5, 5.41) is 6.84. The molecule has 1 fully saturated rings. The summed E-state index contributed by atoms with van der Waals surface area (Å²) >= 11 is 12.0. The van der Waals surface area contributed by atoms with Gasteiger partial charge in [-0.15, -0.1) is 0 Å². The minimum Gasteiger partial charge on any atom is -0.359 e. The third-order valence-corrected chi connectivity index (χ3v) is 4.83. The number of aryl methyl sites for hydroxylation is 1. The molecule has 1 aliphatic heterocycles. The minimum atomic E-state index is -0.109. The van der Waals surface area contributed by atoms with Gasteiger partial charge in [-0.25, -0.2) is 4.79 Å². The van der Waals surface area contributed by atoms with Crippen molar-refractivity contribution >= 4 is 35.1 Å². The van der Waals surface area contributed by atoms with E-state index in [2.05, 4.69) is 10.6 Å². The number of halogens is 2. The van der Waals surface area contributed by atoms with E-state index in [0.717, 1.165) is 31.2 Å². The van der Waals surface area contributed by atoms with E-state index in [0.29, 0.717) is 29.7 Å². The molecule has 0 radical (unpaired) electrons. The predicted octanol–water partition coefficient (Wildman–Crippen LogP) is 3.09. The lowest BCUT2D eigenvalue weighted by Crippen LogP contribution is -2.48. The molecule has 2 N–H and O–H groups in total. The quantitative estimate of drug-likeness (QED) is 0.781. The molecule has 5 nitrogen and oxygen atoms in total. The SMILES string of the molecule is CNC(=O)C1CCCN(C(=O)NCCCc2ccc(Cl)cc2Cl)C1. The van der Waals surface area contributed by atoms with Crippen LogP contribution in [0.1, 0.15) is 24.8 Å². The maximum atomic E-state index is 12.2. The first-order valence-electron chi connectivity index (χ1n) is 8.19. The molecule has 0 spiro atoms. The normalized spacial score (nSPS) is 17.5. The summed E-state index contributed by atoms with van der Waals surface area (Å²) in [6, 6.07) is 5.34. The Bertz CT molecular complexity index is 595. The molecule has 1 saturated heterocycles. The number of rotatable bonds is 5. The van der Waals surface area contributed by atoms with E-state index in [1.807, 2.05) is 12.1 Å². The van der Waals surface area contributed by atoms with Crippen molar-refractivity contribution in [3.63, 3.8) is 0 Å². The molecule has 1 atom stereocenters. The molecular weight excluding hydrogens is 349 g/mol. The third-order valence-electron chi connectivity index (χ3n) is 4.24. The third kappa shape index (κ3) is 5.28. The summed E-state index contributed by atoms with van der Waals surface area (Å²) in [5.41, 5.74) is 1.02. The number of hydrogen-bond donors (Lipinski definition) is 2. The first-order chi connectivity index (χ1) is 11.5. The number of carbonyl (C=O) groups excluding carboxylic acids is 2. The van der Waals surface area contributed by atoms with Gasteiger partial charge in [0.15, 0.2) is 0 Å². The lowest BCUT2D eigenvalue weighted by Gasteiger charge is -2.31. The van der Waals surface area contributed by atoms with E-state index in [1.165, 1.54) is 0 Å². The van der Waals surface area contributed by atoms with Crippen molar-refractivity contribution in [3.05, 3.63) is 33.8 Å². The standard InChI is InChI=1S/C17H23Cl2N3O2/c1-20-16(23)13-5-3-9-22(11-13)17(24)21-8-2-4-12-6-7-14(18)10-15(12)19/h6-7,10,13H,2-5,8-9,11H2,1H3,(H,20,23)(H,21,24). The summed E-state index contributed by atoms with van der Waals surface area (Å²) in [6.07, 6.45) is 3.25. The van der Waals surface area contributed by atoms with Crippen LogP contribution >= 0.6 is 23.2 Å². The summed E-state index contributed by atoms with van der Waals surface area (Å²) in [7, 11) is 1.63. The van der Waals surface area contributed by atoms with Crippen LogP contribution in [0.15, 0.2) is 18.2 Å². The Morgan fingerprint density at radius 2 is 2.12 bits per heavy atom. The highest BCUT2D eigenvalue weighted by molar-refractivity contribution is 6.35. The molecule has 0 saturated carbocycles. The predicted molar refractivity (Wildman–Crippen MR) is 96.5 cm³/mol. The van der Waals surface area contributed by atoms with Crippen LogP contribution < -0.4 is 10.6 Å². The van der Waals surface area contributed by atoms with Gasteiger partial charge in [0.25, 0.3) is 0 Å². The molecule has 1 heterocycles. The van der Waals surface area contributed by atoms with E-state index in [4.69, 9.17) is 23.2 Å². The fraction of sp³-hybridized carbons (Fsp3) is 0.529. The Hall–Kier alpha value is -1.46. The van der Waals surface area contributed by atoms with Gasteiger partial charge in [-0.3, -0.25) is 4.79 Å². The zero-order valence-electron chi connectivity index (χ0n) is 13.8. The van der Waals surface area contributed by atoms with Gasteiger partial charge in [0, 0.05) is 36.7 Å². The zero-order valence-corrected chi connectivity index (χ0v) is 15.3. The van der Waals surface area contributed by atoms with Crippen molar-refractivity contribution in [3.8, 4) is 0 Å². The maximum Gasteiger partial charge on any atom is 0.317 e. The van der Waals surface area contributed by atoms with E-state index < -0.39 is 0 Å². The summed E-state index contributed by atoms with van der Waals surface area (Å²) < 4.78 is 0. The highest BCUT2D eigenvalue weighted by Gasteiger charge is 2.27. The van der Waals surface area contributed by atoms with Crippen molar-refractivity contribution < 1.29 is 9.59 Å². The van der Waals surface area contributed by atoms with Gasteiger partial charge in [-0.05, 0) is 43.4 Å². The highest BCUT2D eigenvalue weighted by atomic mass is 35.5. The lowest BCUT2D eigenvalue weighted by atomic mass is 9.97. The van der Waals surface area contributed by atoms with Gasteiger partial charge in [0.05, 0.1) is 5.92 Å². The number of urea groups is 1. The second-order valence-corrected chi connectivity index (χ2v) is 6.81. The number of nitrogens with one attached hydrogen (secondary N) is 2. The largest absolute Gasteiger partial charge is 0.359 e. The Labute approximate surface area is 152 Å². The molecule has 132 valence electrons. The van der Waals surface area contributed by atoms with Crippen molar-refractivity contribution in [2.75, 3.05) is 26.7 Å². The van der Waals surface area contributed by atoms with Crippen molar-refractivity contribution in [1.82, 2.24) is 15.5 Å². The molecule has 1 aromatic carbocycles. The smallest absolute Gasteiger partial charge is 0.317 e. The van der Waals surface area contributed by atoms with Crippen LogP contribution in [0.5, 0.6) is 0 Å². The van der Waals surface area contributed by atoms with Crippen LogP contribution in [0.25, 0.3) is 0 Å². The summed E-state index contributed by atoms with van der Waals surface area (Å²) in [5.74, 6) is -0.104. The molecule has 7 heteroatoms. The Kier molecular flexibility index (Phi) is 7.18. The molecule has 1 aliphatic rings. The van der Waals surface area contributed by atoms with Crippen LogP contribution in [0.3, 0.4) is 0 Å². The van der Waals surface area contributed by atoms with Crippen LogP contribution in [0, 0.1) is 5.92 Å². The number of amides is 3. The number of carbonyl (C=O) groups is 2. The Balaban J connectivity index is 1.73. The average molecular weight is 372 g/mol.